The Bertz CT molecular complexity index is 1130. The molecule has 0 saturated heterocycles. The minimum Gasteiger partial charge on any atom is -0.493 e. The van der Waals surface area contributed by atoms with E-state index < -0.39 is 11.8 Å². The van der Waals surface area contributed by atoms with Gasteiger partial charge >= 0.3 is 5.97 Å². The van der Waals surface area contributed by atoms with Crippen LogP contribution in [0.4, 0.5) is 4.39 Å². The third-order valence-corrected chi connectivity index (χ3v) is 4.56. The van der Waals surface area contributed by atoms with E-state index in [4.69, 9.17) is 18.9 Å². The minimum absolute atomic E-state index is 0.166. The number of benzene rings is 3. The van der Waals surface area contributed by atoms with E-state index in [2.05, 4.69) is 0 Å². The van der Waals surface area contributed by atoms with Crippen molar-refractivity contribution in [1.29, 1.82) is 0 Å². The van der Waals surface area contributed by atoms with Gasteiger partial charge in [-0.25, -0.2) is 9.18 Å². The van der Waals surface area contributed by atoms with Crippen LogP contribution < -0.4 is 18.9 Å². The van der Waals surface area contributed by atoms with Crippen molar-refractivity contribution in [2.45, 2.75) is 0 Å². The number of rotatable bonds is 8. The molecule has 0 aliphatic carbocycles. The number of carbonyl (C=O) groups excluding carboxylic acids is 2. The van der Waals surface area contributed by atoms with Gasteiger partial charge in [0.2, 0.25) is 5.75 Å². The van der Waals surface area contributed by atoms with E-state index >= 15 is 0 Å². The molecule has 0 radical (unpaired) electrons. The third kappa shape index (κ3) is 5.13. The fourth-order valence-corrected chi connectivity index (χ4v) is 2.94. The van der Waals surface area contributed by atoms with Gasteiger partial charge in [-0.3, -0.25) is 4.79 Å². The first-order valence-corrected chi connectivity index (χ1v) is 9.56. The maximum Gasteiger partial charge on any atom is 0.346 e. The molecule has 0 aliphatic rings. The first kappa shape index (κ1) is 22.6. The van der Waals surface area contributed by atoms with Crippen molar-refractivity contribution in [3.63, 3.8) is 0 Å². The molecule has 0 amide bonds. The Morgan fingerprint density at radius 1 is 0.844 bits per heavy atom. The molecule has 0 unspecified atom stereocenters. The molecule has 0 aliphatic heterocycles. The second kappa shape index (κ2) is 10.3. The Hall–Kier alpha value is -4.13. The number of allylic oxidation sites excluding steroid dienone is 1. The van der Waals surface area contributed by atoms with Crippen molar-refractivity contribution >= 4 is 17.8 Å². The third-order valence-electron chi connectivity index (χ3n) is 4.56. The van der Waals surface area contributed by atoms with Gasteiger partial charge in [-0.1, -0.05) is 18.2 Å². The van der Waals surface area contributed by atoms with Gasteiger partial charge in [0.25, 0.3) is 0 Å². The van der Waals surface area contributed by atoms with E-state index in [0.29, 0.717) is 28.4 Å². The summed E-state index contributed by atoms with van der Waals surface area (Å²) >= 11 is 0. The quantitative estimate of drug-likeness (QED) is 0.215. The summed E-state index contributed by atoms with van der Waals surface area (Å²) in [5.41, 5.74) is 0.906. The smallest absolute Gasteiger partial charge is 0.346 e. The van der Waals surface area contributed by atoms with E-state index in [1.807, 2.05) is 0 Å². The van der Waals surface area contributed by atoms with Crippen LogP contribution in [0.25, 0.3) is 6.08 Å². The van der Waals surface area contributed by atoms with Crippen LogP contribution in [0, 0.1) is 5.82 Å². The molecule has 0 heterocycles. The summed E-state index contributed by atoms with van der Waals surface area (Å²) < 4.78 is 34.8. The first-order valence-electron chi connectivity index (χ1n) is 9.56. The average molecular weight is 436 g/mol. The largest absolute Gasteiger partial charge is 0.493 e. The Balaban J connectivity index is 1.72. The summed E-state index contributed by atoms with van der Waals surface area (Å²) in [4.78, 5) is 24.6. The summed E-state index contributed by atoms with van der Waals surface area (Å²) in [6.45, 7) is 0. The lowest BCUT2D eigenvalue weighted by atomic mass is 10.1. The molecule has 7 heteroatoms. The van der Waals surface area contributed by atoms with Crippen LogP contribution in [0.15, 0.2) is 66.7 Å². The highest BCUT2D eigenvalue weighted by Gasteiger charge is 2.14. The standard InChI is InChI=1S/C25H21FO6/c1-29-22-14-16(15-23(30-2)24(22)31-3)8-13-21(27)17-9-11-18(12-10-17)32-25(28)19-6-4-5-7-20(19)26/h4-15H,1-3H3. The number of ketones is 1. The van der Waals surface area contributed by atoms with Crippen LogP contribution in [0.2, 0.25) is 0 Å². The number of carbonyl (C=O) groups is 2. The molecule has 0 N–H and O–H groups in total. The van der Waals surface area contributed by atoms with Gasteiger partial charge in [0.15, 0.2) is 17.3 Å². The summed E-state index contributed by atoms with van der Waals surface area (Å²) in [5, 5.41) is 0. The van der Waals surface area contributed by atoms with Crippen molar-refractivity contribution in [2.75, 3.05) is 21.3 Å². The van der Waals surface area contributed by atoms with Gasteiger partial charge in [-0.2, -0.15) is 0 Å². The number of methoxy groups -OCH3 is 3. The van der Waals surface area contributed by atoms with E-state index in [-0.39, 0.29) is 17.1 Å². The number of hydrogen-bond acceptors (Lipinski definition) is 6. The predicted octanol–water partition coefficient (Wildman–Crippen LogP) is 4.97. The van der Waals surface area contributed by atoms with E-state index in [1.54, 1.807) is 24.3 Å². The van der Waals surface area contributed by atoms with Crippen molar-refractivity contribution in [3.8, 4) is 23.0 Å². The number of ether oxygens (including phenoxy) is 4. The molecule has 3 aromatic rings. The Morgan fingerprint density at radius 2 is 1.47 bits per heavy atom. The molecule has 0 saturated carbocycles. The van der Waals surface area contributed by atoms with Crippen molar-refractivity contribution < 1.29 is 32.9 Å². The summed E-state index contributed by atoms with van der Waals surface area (Å²) in [7, 11) is 4.53. The van der Waals surface area contributed by atoms with Gasteiger partial charge in [-0.15, -0.1) is 0 Å². The molecule has 0 atom stereocenters. The van der Waals surface area contributed by atoms with Crippen LogP contribution in [-0.2, 0) is 0 Å². The van der Waals surface area contributed by atoms with Crippen LogP contribution in [-0.4, -0.2) is 33.1 Å². The Morgan fingerprint density at radius 3 is 2.03 bits per heavy atom. The normalized spacial score (nSPS) is 10.6. The molecule has 32 heavy (non-hydrogen) atoms. The number of esters is 1. The van der Waals surface area contributed by atoms with Crippen LogP contribution in [0.5, 0.6) is 23.0 Å². The van der Waals surface area contributed by atoms with Crippen molar-refractivity contribution in [1.82, 2.24) is 0 Å². The topological polar surface area (TPSA) is 71.1 Å². The molecular weight excluding hydrogens is 415 g/mol. The zero-order valence-corrected chi connectivity index (χ0v) is 17.8. The fraction of sp³-hybridized carbons (Fsp3) is 0.120. The zero-order chi connectivity index (χ0) is 23.1. The maximum atomic E-state index is 13.7. The first-order chi connectivity index (χ1) is 15.5. The van der Waals surface area contributed by atoms with E-state index in [1.165, 1.54) is 69.9 Å². The molecule has 0 fully saturated rings. The molecular formula is C25H21FO6. The molecule has 3 aromatic carbocycles. The molecule has 0 bridgehead atoms. The number of halogens is 1. The number of hydrogen-bond donors (Lipinski definition) is 0. The summed E-state index contributed by atoms with van der Waals surface area (Å²) in [6, 6.07) is 15.0. The maximum absolute atomic E-state index is 13.7. The van der Waals surface area contributed by atoms with E-state index in [0.717, 1.165) is 0 Å². The Kier molecular flexibility index (Phi) is 7.23. The second-order valence-electron chi connectivity index (χ2n) is 6.55. The SMILES string of the molecule is COc1cc(C=CC(=O)c2ccc(OC(=O)c3ccccc3F)cc2)cc(OC)c1OC. The predicted molar refractivity (Wildman–Crippen MR) is 117 cm³/mol. The van der Waals surface area contributed by atoms with Crippen molar-refractivity contribution in [3.05, 3.63) is 89.2 Å². The van der Waals surface area contributed by atoms with Gasteiger partial charge < -0.3 is 18.9 Å². The molecule has 3 rings (SSSR count). The van der Waals surface area contributed by atoms with Crippen molar-refractivity contribution in [2.24, 2.45) is 0 Å². The lowest BCUT2D eigenvalue weighted by Gasteiger charge is -2.12. The monoisotopic (exact) mass is 436 g/mol. The van der Waals surface area contributed by atoms with Gasteiger partial charge in [0.1, 0.15) is 11.6 Å². The van der Waals surface area contributed by atoms with Crippen LogP contribution >= 0.6 is 0 Å². The van der Waals surface area contributed by atoms with Gasteiger partial charge in [-0.05, 0) is 60.2 Å². The lowest BCUT2D eigenvalue weighted by molar-refractivity contribution is 0.0730. The molecule has 164 valence electrons. The highest BCUT2D eigenvalue weighted by Crippen LogP contribution is 2.38. The molecule has 0 spiro atoms. The lowest BCUT2D eigenvalue weighted by Crippen LogP contribution is -2.10. The minimum atomic E-state index is -0.815. The average Bonchev–Trinajstić information content (AvgIpc) is 2.82. The molecule has 6 nitrogen and oxygen atoms in total. The van der Waals surface area contributed by atoms with Crippen LogP contribution in [0.1, 0.15) is 26.3 Å². The van der Waals surface area contributed by atoms with Crippen LogP contribution in [0.3, 0.4) is 0 Å². The Labute approximate surface area is 184 Å². The molecule has 0 aromatic heterocycles. The zero-order valence-electron chi connectivity index (χ0n) is 17.8. The fourth-order valence-electron chi connectivity index (χ4n) is 2.94. The summed E-state index contributed by atoms with van der Waals surface area (Å²) in [6.07, 6.45) is 3.03. The van der Waals surface area contributed by atoms with Gasteiger partial charge in [0.05, 0.1) is 26.9 Å². The van der Waals surface area contributed by atoms with E-state index in [9.17, 15) is 14.0 Å². The highest BCUT2D eigenvalue weighted by atomic mass is 19.1. The second-order valence-corrected chi connectivity index (χ2v) is 6.55. The highest BCUT2D eigenvalue weighted by molar-refractivity contribution is 6.07. The van der Waals surface area contributed by atoms with Gasteiger partial charge in [0, 0.05) is 5.56 Å². The summed E-state index contributed by atoms with van der Waals surface area (Å²) in [5.74, 6) is -0.140.